The molecule has 0 saturated carbocycles. The van der Waals surface area contributed by atoms with Crippen molar-refractivity contribution < 1.29 is 17.9 Å². The highest BCUT2D eigenvalue weighted by Crippen LogP contribution is 2.39. The molecule has 3 heterocycles. The van der Waals surface area contributed by atoms with Crippen molar-refractivity contribution >= 4 is 39.9 Å². The second-order valence-electron chi connectivity index (χ2n) is 5.98. The van der Waals surface area contributed by atoms with Gasteiger partial charge in [0.15, 0.2) is 11.3 Å². The molecule has 3 aromatic heterocycles. The number of aromatic nitrogens is 4. The molecular formula is C18H11Cl2F3N4O. The molecule has 0 aliphatic carbocycles. The Balaban J connectivity index is 2.25. The molecule has 10 heteroatoms. The van der Waals surface area contributed by atoms with Crippen LogP contribution in [-0.4, -0.2) is 26.5 Å². The van der Waals surface area contributed by atoms with Gasteiger partial charge in [0.25, 0.3) is 0 Å². The van der Waals surface area contributed by atoms with E-state index >= 15 is 0 Å². The Labute approximate surface area is 166 Å². The quantitative estimate of drug-likeness (QED) is 0.419. The summed E-state index contributed by atoms with van der Waals surface area (Å²) in [6.07, 6.45) is -4.70. The molecule has 0 radical (unpaired) electrons. The number of aryl methyl sites for hydroxylation is 1. The van der Waals surface area contributed by atoms with Crippen molar-refractivity contribution in [2.75, 3.05) is 7.11 Å². The molecule has 0 aliphatic rings. The molecule has 4 rings (SSSR count). The number of benzene rings is 1. The smallest absolute Gasteiger partial charge is 0.435 e. The molecule has 5 nitrogen and oxygen atoms in total. The summed E-state index contributed by atoms with van der Waals surface area (Å²) in [4.78, 5) is 12.4. The second-order valence-corrected chi connectivity index (χ2v) is 6.83. The van der Waals surface area contributed by atoms with Crippen LogP contribution >= 0.6 is 23.2 Å². The summed E-state index contributed by atoms with van der Waals surface area (Å²) in [6.45, 7) is 1.49. The fourth-order valence-electron chi connectivity index (χ4n) is 3.03. The fourth-order valence-corrected chi connectivity index (χ4v) is 3.40. The van der Waals surface area contributed by atoms with Gasteiger partial charge in [0.2, 0.25) is 5.88 Å². The lowest BCUT2D eigenvalue weighted by molar-refractivity contribution is -0.139. The van der Waals surface area contributed by atoms with Crippen molar-refractivity contribution in [2.24, 2.45) is 0 Å². The summed E-state index contributed by atoms with van der Waals surface area (Å²) in [6, 6.07) is 7.69. The normalized spacial score (nSPS) is 12.1. The van der Waals surface area contributed by atoms with Gasteiger partial charge in [0, 0.05) is 16.7 Å². The molecular weight excluding hydrogens is 416 g/mol. The molecule has 0 amide bonds. The van der Waals surface area contributed by atoms with Gasteiger partial charge in [-0.05, 0) is 31.2 Å². The minimum absolute atomic E-state index is 0.0360. The minimum Gasteiger partial charge on any atom is -0.481 e. The number of fused-ring (bicyclic) bond motifs is 3. The average Bonchev–Trinajstić information content (AvgIpc) is 3.05. The second kappa shape index (κ2) is 6.49. The maximum absolute atomic E-state index is 13.7. The predicted molar refractivity (Wildman–Crippen MR) is 100 cm³/mol. The van der Waals surface area contributed by atoms with Gasteiger partial charge in [-0.25, -0.2) is 9.97 Å². The largest absolute Gasteiger partial charge is 0.481 e. The van der Waals surface area contributed by atoms with Gasteiger partial charge in [-0.3, -0.25) is 4.40 Å². The number of rotatable bonds is 2. The van der Waals surface area contributed by atoms with Gasteiger partial charge in [-0.2, -0.15) is 18.2 Å². The van der Waals surface area contributed by atoms with Crippen molar-refractivity contribution in [3.63, 3.8) is 0 Å². The molecule has 0 N–H and O–H groups in total. The molecule has 1 aromatic carbocycles. The van der Waals surface area contributed by atoms with Crippen molar-refractivity contribution in [1.82, 2.24) is 19.4 Å². The summed E-state index contributed by atoms with van der Waals surface area (Å²) in [5, 5.41) is 0.515. The average molecular weight is 427 g/mol. The third-order valence-electron chi connectivity index (χ3n) is 4.20. The van der Waals surface area contributed by atoms with E-state index < -0.39 is 11.9 Å². The van der Waals surface area contributed by atoms with Gasteiger partial charge in [0.1, 0.15) is 16.9 Å². The van der Waals surface area contributed by atoms with E-state index in [2.05, 4.69) is 15.0 Å². The van der Waals surface area contributed by atoms with Crippen LogP contribution in [-0.2, 0) is 6.18 Å². The SMILES string of the molecule is COc1ccc2nc(C)c3c(C(F)(F)F)nc(-c4cc(Cl)ccc4Cl)n3c2n1. The monoisotopic (exact) mass is 426 g/mol. The van der Waals surface area contributed by atoms with E-state index in [0.717, 1.165) is 0 Å². The predicted octanol–water partition coefficient (Wildman–Crippen LogP) is 5.59. The van der Waals surface area contributed by atoms with Crippen LogP contribution < -0.4 is 4.74 Å². The Morgan fingerprint density at radius 2 is 1.79 bits per heavy atom. The Morgan fingerprint density at radius 1 is 1.04 bits per heavy atom. The highest BCUT2D eigenvalue weighted by Gasteiger charge is 2.39. The third-order valence-corrected chi connectivity index (χ3v) is 4.76. The van der Waals surface area contributed by atoms with Crippen LogP contribution in [0.2, 0.25) is 10.0 Å². The number of nitrogens with zero attached hydrogens (tertiary/aromatic N) is 4. The summed E-state index contributed by atoms with van der Waals surface area (Å²) >= 11 is 12.3. The van der Waals surface area contributed by atoms with E-state index in [0.29, 0.717) is 10.5 Å². The zero-order valence-electron chi connectivity index (χ0n) is 14.5. The highest BCUT2D eigenvalue weighted by atomic mass is 35.5. The molecule has 0 fully saturated rings. The van der Waals surface area contributed by atoms with Crippen molar-refractivity contribution in [1.29, 1.82) is 0 Å². The Kier molecular flexibility index (Phi) is 4.35. The first-order valence-corrected chi connectivity index (χ1v) is 8.72. The maximum atomic E-state index is 13.7. The molecule has 0 atom stereocenters. The minimum atomic E-state index is -4.70. The lowest BCUT2D eigenvalue weighted by atomic mass is 10.2. The zero-order valence-corrected chi connectivity index (χ0v) is 16.0. The first-order chi connectivity index (χ1) is 13.2. The zero-order chi connectivity index (χ0) is 20.2. The van der Waals surface area contributed by atoms with Crippen LogP contribution in [0.15, 0.2) is 30.3 Å². The standard InChI is InChI=1S/C18H11Cl2F3N4O/c1-8-14-15(18(21,22)23)26-16(10-7-9(19)3-4-11(10)20)27(14)17-12(24-8)5-6-13(25-17)28-2/h3-7H,1-2H3. The molecule has 0 spiro atoms. The topological polar surface area (TPSA) is 52.3 Å². The summed E-state index contributed by atoms with van der Waals surface area (Å²) in [5.41, 5.74) is -0.327. The number of hydrogen-bond donors (Lipinski definition) is 0. The van der Waals surface area contributed by atoms with Gasteiger partial charge in [-0.1, -0.05) is 23.2 Å². The van der Waals surface area contributed by atoms with E-state index in [4.69, 9.17) is 27.9 Å². The fraction of sp³-hybridized carbons (Fsp3) is 0.167. The molecule has 0 bridgehead atoms. The van der Waals surface area contributed by atoms with Crippen molar-refractivity contribution in [3.05, 3.63) is 51.8 Å². The molecule has 28 heavy (non-hydrogen) atoms. The lowest BCUT2D eigenvalue weighted by Crippen LogP contribution is -2.08. The van der Waals surface area contributed by atoms with E-state index in [1.165, 1.54) is 30.6 Å². The van der Waals surface area contributed by atoms with Gasteiger partial charge in [0.05, 0.1) is 17.8 Å². The Hall–Kier alpha value is -2.58. The maximum Gasteiger partial charge on any atom is 0.435 e. The highest BCUT2D eigenvalue weighted by molar-refractivity contribution is 6.35. The van der Waals surface area contributed by atoms with Crippen LogP contribution in [0.1, 0.15) is 11.4 Å². The van der Waals surface area contributed by atoms with E-state index in [1.54, 1.807) is 18.2 Å². The number of methoxy groups -OCH3 is 1. The molecule has 0 saturated heterocycles. The van der Waals surface area contributed by atoms with Crippen LogP contribution in [0.3, 0.4) is 0 Å². The van der Waals surface area contributed by atoms with E-state index in [1.807, 2.05) is 0 Å². The number of ether oxygens (including phenoxy) is 1. The summed E-state index contributed by atoms with van der Waals surface area (Å²) < 4.78 is 47.6. The number of imidazole rings is 1. The van der Waals surface area contributed by atoms with Gasteiger partial charge in [-0.15, -0.1) is 0 Å². The van der Waals surface area contributed by atoms with Crippen molar-refractivity contribution in [2.45, 2.75) is 13.1 Å². The molecule has 4 aromatic rings. The third kappa shape index (κ3) is 2.93. The van der Waals surface area contributed by atoms with Crippen LogP contribution in [0.5, 0.6) is 5.88 Å². The van der Waals surface area contributed by atoms with Crippen LogP contribution in [0, 0.1) is 6.92 Å². The van der Waals surface area contributed by atoms with Gasteiger partial charge >= 0.3 is 6.18 Å². The Morgan fingerprint density at radius 3 is 2.46 bits per heavy atom. The van der Waals surface area contributed by atoms with Crippen molar-refractivity contribution in [3.8, 4) is 17.3 Å². The molecule has 144 valence electrons. The van der Waals surface area contributed by atoms with E-state index in [-0.39, 0.29) is 39.1 Å². The lowest BCUT2D eigenvalue weighted by Gasteiger charge is -2.10. The Bertz CT molecular complexity index is 1240. The van der Waals surface area contributed by atoms with Crippen LogP contribution in [0.25, 0.3) is 28.1 Å². The number of halogens is 5. The summed E-state index contributed by atoms with van der Waals surface area (Å²) in [7, 11) is 1.41. The van der Waals surface area contributed by atoms with Crippen LogP contribution in [0.4, 0.5) is 13.2 Å². The van der Waals surface area contributed by atoms with Gasteiger partial charge < -0.3 is 4.74 Å². The molecule has 0 unspecified atom stereocenters. The number of alkyl halides is 3. The number of pyridine rings is 1. The molecule has 0 aliphatic heterocycles. The summed E-state index contributed by atoms with van der Waals surface area (Å²) in [5.74, 6) is 0.191. The first kappa shape index (κ1) is 18.8. The number of hydrogen-bond acceptors (Lipinski definition) is 4. The first-order valence-electron chi connectivity index (χ1n) is 7.97. The van der Waals surface area contributed by atoms with E-state index in [9.17, 15) is 13.2 Å².